The summed E-state index contributed by atoms with van der Waals surface area (Å²) in [4.78, 5) is 27.3. The van der Waals surface area contributed by atoms with Gasteiger partial charge in [0.2, 0.25) is 0 Å². The Labute approximate surface area is 134 Å². The van der Waals surface area contributed by atoms with E-state index in [2.05, 4.69) is 0 Å². The van der Waals surface area contributed by atoms with Crippen molar-refractivity contribution in [2.24, 2.45) is 0 Å². The second-order valence-corrected chi connectivity index (χ2v) is 5.36. The van der Waals surface area contributed by atoms with Crippen LogP contribution in [0.4, 0.5) is 4.39 Å². The number of hydrogen-bond donors (Lipinski definition) is 0. The summed E-state index contributed by atoms with van der Waals surface area (Å²) in [5, 5.41) is 0. The maximum absolute atomic E-state index is 12.8. The van der Waals surface area contributed by atoms with Gasteiger partial charge in [-0.15, -0.1) is 0 Å². The predicted octanol–water partition coefficient (Wildman–Crippen LogP) is 0.910. The Morgan fingerprint density at radius 2 is 1.78 bits per heavy atom. The number of halogens is 1. The highest BCUT2D eigenvalue weighted by Gasteiger charge is 2.27. The van der Waals surface area contributed by atoms with Crippen LogP contribution in [0.2, 0.25) is 0 Å². The van der Waals surface area contributed by atoms with Crippen LogP contribution in [0.5, 0.6) is 5.75 Å². The van der Waals surface area contributed by atoms with E-state index in [0.717, 1.165) is 0 Å². The van der Waals surface area contributed by atoms with Gasteiger partial charge < -0.3 is 14.4 Å². The lowest BCUT2D eigenvalue weighted by Crippen LogP contribution is -2.54. The fourth-order valence-corrected chi connectivity index (χ4v) is 2.45. The average molecular weight is 324 g/mol. The topological polar surface area (TPSA) is 59.1 Å². The van der Waals surface area contributed by atoms with Crippen molar-refractivity contribution in [2.75, 3.05) is 39.9 Å². The molecule has 1 aromatic rings. The number of carbonyl (C=O) groups is 2. The van der Waals surface area contributed by atoms with Crippen LogP contribution in [0, 0.1) is 5.82 Å². The Morgan fingerprint density at radius 1 is 1.17 bits per heavy atom. The van der Waals surface area contributed by atoms with Crippen LogP contribution in [-0.2, 0) is 14.3 Å². The molecule has 1 unspecified atom stereocenters. The third-order valence-corrected chi connectivity index (χ3v) is 3.93. The van der Waals surface area contributed by atoms with E-state index in [4.69, 9.17) is 9.47 Å². The maximum Gasteiger partial charge on any atom is 0.322 e. The standard InChI is InChI=1S/C16H21FN2O4/c1-12(16(21)22-2)18-7-9-19(10-8-18)15(20)11-23-14-5-3-13(17)4-6-14/h3-6,12H,7-11H2,1-2H3. The fraction of sp³-hybridized carbons (Fsp3) is 0.500. The number of ether oxygens (including phenoxy) is 2. The molecule has 0 saturated carbocycles. The van der Waals surface area contributed by atoms with Crippen LogP contribution >= 0.6 is 0 Å². The number of methoxy groups -OCH3 is 1. The van der Waals surface area contributed by atoms with Crippen molar-refractivity contribution < 1.29 is 23.5 Å². The van der Waals surface area contributed by atoms with Gasteiger partial charge >= 0.3 is 5.97 Å². The highest BCUT2D eigenvalue weighted by molar-refractivity contribution is 5.78. The van der Waals surface area contributed by atoms with E-state index in [0.29, 0.717) is 31.9 Å². The van der Waals surface area contributed by atoms with Gasteiger partial charge in [0.1, 0.15) is 17.6 Å². The summed E-state index contributed by atoms with van der Waals surface area (Å²) < 4.78 is 22.9. The average Bonchev–Trinajstić information content (AvgIpc) is 2.59. The van der Waals surface area contributed by atoms with Crippen molar-refractivity contribution in [3.8, 4) is 5.75 Å². The predicted molar refractivity (Wildman–Crippen MR) is 81.5 cm³/mol. The Kier molecular flexibility index (Phi) is 5.92. The lowest BCUT2D eigenvalue weighted by atomic mass is 10.2. The molecule has 0 spiro atoms. The molecule has 1 atom stereocenters. The lowest BCUT2D eigenvalue weighted by Gasteiger charge is -2.36. The highest BCUT2D eigenvalue weighted by Crippen LogP contribution is 2.12. The number of esters is 1. The molecule has 0 aliphatic carbocycles. The monoisotopic (exact) mass is 324 g/mol. The molecular formula is C16H21FN2O4. The van der Waals surface area contributed by atoms with Gasteiger partial charge in [-0.2, -0.15) is 0 Å². The Balaban J connectivity index is 1.77. The first-order valence-corrected chi connectivity index (χ1v) is 7.49. The van der Waals surface area contributed by atoms with Gasteiger partial charge in [0.15, 0.2) is 6.61 Å². The number of rotatable bonds is 5. The summed E-state index contributed by atoms with van der Waals surface area (Å²) in [5.74, 6) is -0.290. The summed E-state index contributed by atoms with van der Waals surface area (Å²) in [5.41, 5.74) is 0. The van der Waals surface area contributed by atoms with Crippen molar-refractivity contribution in [3.63, 3.8) is 0 Å². The van der Waals surface area contributed by atoms with E-state index in [1.165, 1.54) is 31.4 Å². The first-order valence-electron chi connectivity index (χ1n) is 7.49. The molecule has 126 valence electrons. The number of nitrogens with zero attached hydrogens (tertiary/aromatic N) is 2. The molecule has 1 saturated heterocycles. The molecule has 1 aromatic carbocycles. The van der Waals surface area contributed by atoms with Gasteiger partial charge in [-0.1, -0.05) is 0 Å². The smallest absolute Gasteiger partial charge is 0.322 e. The van der Waals surface area contributed by atoms with Gasteiger partial charge in [0.05, 0.1) is 7.11 Å². The van der Waals surface area contributed by atoms with Gasteiger partial charge in [-0.05, 0) is 31.2 Å². The molecule has 0 radical (unpaired) electrons. The Morgan fingerprint density at radius 3 is 2.35 bits per heavy atom. The minimum absolute atomic E-state index is 0.0851. The van der Waals surface area contributed by atoms with Crippen LogP contribution in [0.3, 0.4) is 0 Å². The van der Waals surface area contributed by atoms with Crippen molar-refractivity contribution in [3.05, 3.63) is 30.1 Å². The molecule has 23 heavy (non-hydrogen) atoms. The molecule has 1 aliphatic rings. The molecular weight excluding hydrogens is 303 g/mol. The number of amides is 1. The largest absolute Gasteiger partial charge is 0.484 e. The van der Waals surface area contributed by atoms with Crippen molar-refractivity contribution >= 4 is 11.9 Å². The first kappa shape index (κ1) is 17.2. The molecule has 1 heterocycles. The third-order valence-electron chi connectivity index (χ3n) is 3.93. The van der Waals surface area contributed by atoms with Gasteiger partial charge in [0.25, 0.3) is 5.91 Å². The van der Waals surface area contributed by atoms with E-state index in [-0.39, 0.29) is 30.3 Å². The van der Waals surface area contributed by atoms with Crippen molar-refractivity contribution in [1.82, 2.24) is 9.80 Å². The van der Waals surface area contributed by atoms with Gasteiger partial charge in [-0.3, -0.25) is 14.5 Å². The molecule has 0 aromatic heterocycles. The zero-order valence-electron chi connectivity index (χ0n) is 13.3. The summed E-state index contributed by atoms with van der Waals surface area (Å²) in [6.45, 7) is 4.00. The molecule has 1 fully saturated rings. The molecule has 0 bridgehead atoms. The normalized spacial score (nSPS) is 16.7. The van der Waals surface area contributed by atoms with Gasteiger partial charge in [-0.25, -0.2) is 4.39 Å². The van der Waals surface area contributed by atoms with E-state index in [1.807, 2.05) is 4.90 Å². The number of carbonyl (C=O) groups excluding carboxylic acids is 2. The van der Waals surface area contributed by atoms with Crippen molar-refractivity contribution in [1.29, 1.82) is 0 Å². The van der Waals surface area contributed by atoms with Crippen LogP contribution in [0.25, 0.3) is 0 Å². The van der Waals surface area contributed by atoms with Crippen LogP contribution in [0.1, 0.15) is 6.92 Å². The van der Waals surface area contributed by atoms with Gasteiger partial charge in [0, 0.05) is 26.2 Å². The second-order valence-electron chi connectivity index (χ2n) is 5.36. The van der Waals surface area contributed by atoms with E-state index in [1.54, 1.807) is 11.8 Å². The SMILES string of the molecule is COC(=O)C(C)N1CCN(C(=O)COc2ccc(F)cc2)CC1. The number of hydrogen-bond acceptors (Lipinski definition) is 5. The Bertz CT molecular complexity index is 542. The minimum Gasteiger partial charge on any atom is -0.484 e. The zero-order chi connectivity index (χ0) is 16.8. The number of benzene rings is 1. The summed E-state index contributed by atoms with van der Waals surface area (Å²) in [6, 6.07) is 5.23. The quantitative estimate of drug-likeness (QED) is 0.754. The highest BCUT2D eigenvalue weighted by atomic mass is 19.1. The molecule has 1 amide bonds. The zero-order valence-corrected chi connectivity index (χ0v) is 13.3. The van der Waals surface area contributed by atoms with Crippen LogP contribution in [-0.4, -0.2) is 67.6 Å². The van der Waals surface area contributed by atoms with Crippen LogP contribution < -0.4 is 4.74 Å². The second kappa shape index (κ2) is 7.92. The minimum atomic E-state index is -0.348. The number of piperazine rings is 1. The molecule has 2 rings (SSSR count). The summed E-state index contributed by atoms with van der Waals surface area (Å²) in [7, 11) is 1.37. The van der Waals surface area contributed by atoms with Crippen LogP contribution in [0.15, 0.2) is 24.3 Å². The molecule has 6 nitrogen and oxygen atoms in total. The summed E-state index contributed by atoms with van der Waals surface area (Å²) >= 11 is 0. The molecule has 0 N–H and O–H groups in total. The lowest BCUT2D eigenvalue weighted by molar-refractivity contribution is -0.147. The van der Waals surface area contributed by atoms with E-state index < -0.39 is 0 Å². The molecule has 1 aliphatic heterocycles. The molecule has 7 heteroatoms. The van der Waals surface area contributed by atoms with E-state index in [9.17, 15) is 14.0 Å². The third kappa shape index (κ3) is 4.66. The fourth-order valence-electron chi connectivity index (χ4n) is 2.45. The summed E-state index contributed by atoms with van der Waals surface area (Å²) in [6.07, 6.45) is 0. The first-order chi connectivity index (χ1) is 11.0. The van der Waals surface area contributed by atoms with E-state index >= 15 is 0 Å². The maximum atomic E-state index is 12.8. The van der Waals surface area contributed by atoms with Crippen molar-refractivity contribution in [2.45, 2.75) is 13.0 Å². The Hall–Kier alpha value is -2.15.